The molecule has 0 aromatic carbocycles. The number of hydrogen-bond donors (Lipinski definition) is 2. The van der Waals surface area contributed by atoms with Crippen molar-refractivity contribution in [1.29, 1.82) is 0 Å². The van der Waals surface area contributed by atoms with Crippen molar-refractivity contribution in [3.8, 4) is 5.88 Å². The zero-order chi connectivity index (χ0) is 21.0. The SMILES string of the molecule is CCOc1ncccc1CNC(=O)C(C)SCc1nc2sc(C)c(C)c2c(=O)[nH]1. The summed E-state index contributed by atoms with van der Waals surface area (Å²) in [6.07, 6.45) is 1.66. The molecule has 0 saturated heterocycles. The maximum Gasteiger partial charge on any atom is 0.259 e. The number of aromatic nitrogens is 3. The van der Waals surface area contributed by atoms with Crippen LogP contribution in [0.5, 0.6) is 5.88 Å². The van der Waals surface area contributed by atoms with Gasteiger partial charge in [-0.1, -0.05) is 6.07 Å². The van der Waals surface area contributed by atoms with Gasteiger partial charge in [0.15, 0.2) is 0 Å². The minimum absolute atomic E-state index is 0.0902. The van der Waals surface area contributed by atoms with E-state index in [0.29, 0.717) is 36.0 Å². The van der Waals surface area contributed by atoms with Gasteiger partial charge in [0.1, 0.15) is 10.7 Å². The summed E-state index contributed by atoms with van der Waals surface area (Å²) in [6, 6.07) is 3.69. The standard InChI is InChI=1S/C20H24N4O3S2/c1-5-27-19-14(7-6-8-21-19)9-22-17(25)13(4)28-10-15-23-18(26)16-11(2)12(3)29-20(16)24-15/h6-8,13H,5,9-10H2,1-4H3,(H,22,25)(H,23,24,26). The lowest BCUT2D eigenvalue weighted by molar-refractivity contribution is -0.120. The molecule has 1 atom stereocenters. The van der Waals surface area contributed by atoms with Crippen molar-refractivity contribution in [2.24, 2.45) is 0 Å². The van der Waals surface area contributed by atoms with E-state index in [0.717, 1.165) is 20.8 Å². The Bertz CT molecular complexity index is 1080. The van der Waals surface area contributed by atoms with Crippen molar-refractivity contribution in [3.63, 3.8) is 0 Å². The number of carbonyl (C=O) groups is 1. The molecule has 1 unspecified atom stereocenters. The van der Waals surface area contributed by atoms with Crippen molar-refractivity contribution < 1.29 is 9.53 Å². The molecule has 0 saturated carbocycles. The quantitative estimate of drug-likeness (QED) is 0.567. The van der Waals surface area contributed by atoms with Crippen LogP contribution >= 0.6 is 23.1 Å². The van der Waals surface area contributed by atoms with E-state index in [1.54, 1.807) is 6.20 Å². The predicted molar refractivity (Wildman–Crippen MR) is 118 cm³/mol. The number of amides is 1. The molecule has 2 N–H and O–H groups in total. The smallest absolute Gasteiger partial charge is 0.259 e. The van der Waals surface area contributed by atoms with Crippen molar-refractivity contribution >= 4 is 39.2 Å². The van der Waals surface area contributed by atoms with Gasteiger partial charge in [-0.05, 0) is 39.3 Å². The van der Waals surface area contributed by atoms with E-state index in [1.165, 1.54) is 23.1 Å². The monoisotopic (exact) mass is 432 g/mol. The highest BCUT2D eigenvalue weighted by molar-refractivity contribution is 7.99. The van der Waals surface area contributed by atoms with Crippen LogP contribution in [-0.4, -0.2) is 32.7 Å². The maximum absolute atomic E-state index is 12.5. The van der Waals surface area contributed by atoms with Crippen LogP contribution in [0.15, 0.2) is 23.1 Å². The topological polar surface area (TPSA) is 97.0 Å². The zero-order valence-electron chi connectivity index (χ0n) is 16.9. The number of aromatic amines is 1. The highest BCUT2D eigenvalue weighted by Gasteiger charge is 2.16. The Morgan fingerprint density at radius 2 is 2.21 bits per heavy atom. The van der Waals surface area contributed by atoms with E-state index in [4.69, 9.17) is 4.74 Å². The van der Waals surface area contributed by atoms with Crippen LogP contribution in [0.4, 0.5) is 0 Å². The summed E-state index contributed by atoms with van der Waals surface area (Å²) in [4.78, 5) is 38.2. The van der Waals surface area contributed by atoms with E-state index in [-0.39, 0.29) is 16.7 Å². The molecular weight excluding hydrogens is 408 g/mol. The van der Waals surface area contributed by atoms with Gasteiger partial charge in [0.05, 0.1) is 23.0 Å². The molecule has 0 aliphatic carbocycles. The average Bonchev–Trinajstić information content (AvgIpc) is 2.99. The molecule has 0 radical (unpaired) electrons. The number of carbonyl (C=O) groups excluding carboxylic acids is 1. The van der Waals surface area contributed by atoms with Crippen LogP contribution in [0.1, 0.15) is 35.7 Å². The first-order valence-electron chi connectivity index (χ1n) is 9.35. The van der Waals surface area contributed by atoms with Gasteiger partial charge in [0.2, 0.25) is 11.8 Å². The maximum atomic E-state index is 12.5. The van der Waals surface area contributed by atoms with Crippen LogP contribution in [0.3, 0.4) is 0 Å². The van der Waals surface area contributed by atoms with Crippen molar-refractivity contribution in [3.05, 3.63) is 50.5 Å². The van der Waals surface area contributed by atoms with E-state index < -0.39 is 0 Å². The Labute approximate surface area is 177 Å². The van der Waals surface area contributed by atoms with Crippen molar-refractivity contribution in [1.82, 2.24) is 20.3 Å². The molecule has 3 aromatic rings. The molecule has 3 rings (SSSR count). The van der Waals surface area contributed by atoms with Crippen molar-refractivity contribution in [2.75, 3.05) is 6.61 Å². The summed E-state index contributed by atoms with van der Waals surface area (Å²) in [5.41, 5.74) is 1.69. The van der Waals surface area contributed by atoms with Gasteiger partial charge in [-0.25, -0.2) is 9.97 Å². The molecule has 0 bridgehead atoms. The first-order chi connectivity index (χ1) is 13.9. The minimum Gasteiger partial charge on any atom is -0.478 e. The number of pyridine rings is 1. The second-order valence-electron chi connectivity index (χ2n) is 6.55. The fourth-order valence-corrected chi connectivity index (χ4v) is 4.63. The molecule has 7 nitrogen and oxygen atoms in total. The fourth-order valence-electron chi connectivity index (χ4n) is 2.80. The second kappa shape index (κ2) is 9.41. The van der Waals surface area contributed by atoms with E-state index in [1.807, 2.05) is 39.8 Å². The van der Waals surface area contributed by atoms with Gasteiger partial charge in [-0.3, -0.25) is 9.59 Å². The zero-order valence-corrected chi connectivity index (χ0v) is 18.5. The molecule has 154 valence electrons. The molecule has 3 aromatic heterocycles. The van der Waals surface area contributed by atoms with Crippen molar-refractivity contribution in [2.45, 2.75) is 45.2 Å². The molecular formula is C20H24N4O3S2. The number of thiophene rings is 1. The Morgan fingerprint density at radius 3 is 2.97 bits per heavy atom. The summed E-state index contributed by atoms with van der Waals surface area (Å²) >= 11 is 2.95. The Morgan fingerprint density at radius 1 is 1.41 bits per heavy atom. The second-order valence-corrected chi connectivity index (χ2v) is 9.08. The van der Waals surface area contributed by atoms with Gasteiger partial charge in [0.25, 0.3) is 5.56 Å². The number of nitrogens with zero attached hydrogens (tertiary/aromatic N) is 2. The number of aryl methyl sites for hydroxylation is 2. The third kappa shape index (κ3) is 4.97. The third-order valence-electron chi connectivity index (χ3n) is 4.51. The Balaban J connectivity index is 1.59. The fraction of sp³-hybridized carbons (Fsp3) is 0.400. The van der Waals surface area contributed by atoms with Gasteiger partial charge in [-0.15, -0.1) is 23.1 Å². The summed E-state index contributed by atoms with van der Waals surface area (Å²) in [5, 5.41) is 3.28. The van der Waals surface area contributed by atoms with Gasteiger partial charge < -0.3 is 15.0 Å². The van der Waals surface area contributed by atoms with Crippen LogP contribution in [0, 0.1) is 13.8 Å². The number of ether oxygens (including phenoxy) is 1. The van der Waals surface area contributed by atoms with E-state index in [9.17, 15) is 9.59 Å². The van der Waals surface area contributed by atoms with Gasteiger partial charge >= 0.3 is 0 Å². The number of thioether (sulfide) groups is 1. The molecule has 0 aliphatic rings. The largest absolute Gasteiger partial charge is 0.478 e. The number of rotatable bonds is 8. The van der Waals surface area contributed by atoms with Crippen LogP contribution in [0.2, 0.25) is 0 Å². The van der Waals surface area contributed by atoms with Gasteiger partial charge in [0, 0.05) is 23.2 Å². The predicted octanol–water partition coefficient (Wildman–Crippen LogP) is 3.33. The summed E-state index contributed by atoms with van der Waals surface area (Å²) < 4.78 is 5.48. The summed E-state index contributed by atoms with van der Waals surface area (Å²) in [5.74, 6) is 1.48. The first kappa shape index (κ1) is 21.3. The molecule has 1 amide bonds. The van der Waals surface area contributed by atoms with Gasteiger partial charge in [-0.2, -0.15) is 0 Å². The van der Waals surface area contributed by atoms with E-state index in [2.05, 4.69) is 20.3 Å². The molecule has 9 heteroatoms. The summed E-state index contributed by atoms with van der Waals surface area (Å²) in [6.45, 7) is 8.52. The highest BCUT2D eigenvalue weighted by Crippen LogP contribution is 2.26. The number of hydrogen-bond acceptors (Lipinski definition) is 7. The molecule has 0 spiro atoms. The number of nitrogens with one attached hydrogen (secondary N) is 2. The summed E-state index contributed by atoms with van der Waals surface area (Å²) in [7, 11) is 0. The Hall–Kier alpha value is -2.39. The molecule has 0 fully saturated rings. The van der Waals surface area contributed by atoms with Crippen LogP contribution in [0.25, 0.3) is 10.2 Å². The normalized spacial score (nSPS) is 12.1. The van der Waals surface area contributed by atoms with E-state index >= 15 is 0 Å². The molecule has 0 aliphatic heterocycles. The Kier molecular flexibility index (Phi) is 6.92. The lowest BCUT2D eigenvalue weighted by Crippen LogP contribution is -2.30. The van der Waals surface area contributed by atoms with Crippen LogP contribution in [-0.2, 0) is 17.1 Å². The lowest BCUT2D eigenvalue weighted by Gasteiger charge is -2.13. The third-order valence-corrected chi connectivity index (χ3v) is 6.77. The highest BCUT2D eigenvalue weighted by atomic mass is 32.2. The lowest BCUT2D eigenvalue weighted by atomic mass is 10.2. The van der Waals surface area contributed by atoms with Crippen LogP contribution < -0.4 is 15.6 Å². The minimum atomic E-state index is -0.296. The average molecular weight is 433 g/mol. The number of fused-ring (bicyclic) bond motifs is 1. The molecule has 3 heterocycles. The first-order valence-corrected chi connectivity index (χ1v) is 11.2. The molecule has 29 heavy (non-hydrogen) atoms. The number of H-pyrrole nitrogens is 1.